The van der Waals surface area contributed by atoms with Gasteiger partial charge in [0.25, 0.3) is 17.7 Å². The van der Waals surface area contributed by atoms with E-state index in [1.165, 1.54) is 57.9 Å². The molecule has 0 radical (unpaired) electrons. The summed E-state index contributed by atoms with van der Waals surface area (Å²) in [5.41, 5.74) is 17.3. The fourth-order valence-corrected chi connectivity index (χ4v) is 16.4. The van der Waals surface area contributed by atoms with E-state index in [1.54, 1.807) is 6.07 Å². The standard InChI is InChI=1S/2C24H36N2O3P2.C20H28O4.C14H20N2O3P2.C10H17Br.C4H7O.Li/c2*1-5-7-19-16-21(31-28)20(11-10-18(4)9-6-8-17(2)3)23(29-30)22(19)24(27)26-14-12-25-13-15-26;1-5-7-15-12-17(21)16(19(22)18(15)20(23)24)11-10-14(4)9-6-8-13(2)3;1-2-3-10-8-11(21-18)9-12(19-20)13(10)14(17)16-6-4-15-5-7-16;1-9(2)5-4-6-10(3)7-8-11;1-3-5-4-2;/h2*8,10,16,25H,5-7,9,11-15,30H2,1-4H3;8,10,12,21-22H,5-7,9,11H2,1-4H3,(H,23,24);8-9,15H,2-7,20H2,1H3;5,7H,4,6,8H2,1-3H3;1,4H2,2H3;/q;;;;;-1;+1/b2*18-10+;14-10+;;10-7+;;. The Bertz CT molecular complexity index is 4160. The van der Waals surface area contributed by atoms with E-state index < -0.39 is 5.97 Å². The summed E-state index contributed by atoms with van der Waals surface area (Å²) in [6.45, 7) is 48.1. The maximum Gasteiger partial charge on any atom is 1.00 e. The number of amides is 3. The number of hydrogen-bond donors (Lipinski definition) is 6. The smallest absolute Gasteiger partial charge is 0.694 e. The second-order valence-electron chi connectivity index (χ2n) is 31.6. The first-order valence-electron chi connectivity index (χ1n) is 43.2. The van der Waals surface area contributed by atoms with E-state index in [9.17, 15) is 48.2 Å². The van der Waals surface area contributed by atoms with E-state index in [2.05, 4.69) is 217 Å². The fraction of sp³-hybridized carbons (Fsp3) is 0.521. The molecule has 3 saturated heterocycles. The second kappa shape index (κ2) is 67.1. The summed E-state index contributed by atoms with van der Waals surface area (Å²) in [7, 11) is 6.60. The number of ether oxygens (including phenoxy) is 1. The Labute approximate surface area is 776 Å². The molecule has 3 aliphatic heterocycles. The van der Waals surface area contributed by atoms with Gasteiger partial charge in [-0.15, -0.1) is 0 Å². The van der Waals surface area contributed by atoms with Gasteiger partial charge in [-0.3, -0.25) is 28.1 Å². The number of carboxylic acid groups (broad SMARTS) is 1. The number of carbonyl (C=O) groups is 4. The minimum Gasteiger partial charge on any atom is -0.694 e. The Hall–Kier alpha value is -6.23. The Morgan fingerprint density at radius 2 is 0.782 bits per heavy atom. The summed E-state index contributed by atoms with van der Waals surface area (Å²) in [6.07, 6.45) is 35.5. The molecule has 0 aliphatic carbocycles. The van der Waals surface area contributed by atoms with Crippen LogP contribution in [-0.2, 0) is 63.4 Å². The third-order valence-corrected chi connectivity index (χ3v) is 23.0. The molecule has 3 fully saturated rings. The van der Waals surface area contributed by atoms with Crippen LogP contribution >= 0.6 is 69.7 Å². The van der Waals surface area contributed by atoms with Crippen molar-refractivity contribution < 1.29 is 85.4 Å². The van der Waals surface area contributed by atoms with Crippen molar-refractivity contribution in [2.75, 3.05) is 90.5 Å². The third-order valence-electron chi connectivity index (χ3n) is 20.3. The second-order valence-corrected chi connectivity index (χ2v) is 35.0. The van der Waals surface area contributed by atoms with E-state index in [0.717, 1.165) is 161 Å². The van der Waals surface area contributed by atoms with Gasteiger partial charge in [-0.25, -0.2) is 11.4 Å². The van der Waals surface area contributed by atoms with E-state index in [0.29, 0.717) is 127 Å². The van der Waals surface area contributed by atoms with Crippen LogP contribution in [0.2, 0.25) is 0 Å². The Morgan fingerprint density at radius 1 is 0.460 bits per heavy atom. The quantitative estimate of drug-likeness (QED) is 0.00606. The molecule has 28 heteroatoms. The summed E-state index contributed by atoms with van der Waals surface area (Å²) < 4.78 is 56.4. The number of benzene rings is 4. The molecular formula is C96H144BrLiN6O14P6. The third kappa shape index (κ3) is 42.3. The molecule has 20 nitrogen and oxygen atoms in total. The number of aromatic carboxylic acids is 1. The van der Waals surface area contributed by atoms with Gasteiger partial charge in [0.1, 0.15) is 34.3 Å². The van der Waals surface area contributed by atoms with Crippen LogP contribution in [0.4, 0.5) is 0 Å². The van der Waals surface area contributed by atoms with Crippen LogP contribution in [0, 0.1) is 6.26 Å². The zero-order valence-corrected chi connectivity index (χ0v) is 85.4. The van der Waals surface area contributed by atoms with Gasteiger partial charge in [-0.1, -0.05) is 163 Å². The molecule has 124 heavy (non-hydrogen) atoms. The van der Waals surface area contributed by atoms with Gasteiger partial charge in [0, 0.05) is 112 Å². The SMILES string of the molecule is C=[C-]OCC.CC(C)=CCC/C(C)=C/CBr.CCCc1cc(O)c(C/C=C(\C)CCC=C(C)C)c(O)c1C(=O)O.CCCc1cc(P=O)c(C/C=C(\C)CCC=C(C)C)c(OP)c1C(=O)N1CCNCC1.CCCc1cc(P=O)c(C/C=C(\C)CCC=C(C)C)c(OP)c1C(=O)N1CCNCC1.CCCc1cc(P=O)cc(OP)c1C(=O)N1CCNCC1.[Li+]. The number of aromatic hydroxyl groups is 2. The van der Waals surface area contributed by atoms with Crippen molar-refractivity contribution >= 4 is 109 Å². The average Bonchev–Trinajstić information content (AvgIpc) is 0.793. The maximum atomic E-state index is 13.5. The molecule has 3 heterocycles. The van der Waals surface area contributed by atoms with Gasteiger partial charge < -0.3 is 70.5 Å². The summed E-state index contributed by atoms with van der Waals surface area (Å²) in [5.74, 6) is 0.0378. The van der Waals surface area contributed by atoms with Crippen molar-refractivity contribution in [2.45, 2.75) is 240 Å². The van der Waals surface area contributed by atoms with Crippen molar-refractivity contribution in [1.82, 2.24) is 30.7 Å². The number of aryl methyl sites for hydroxylation is 4. The Kier molecular flexibility index (Phi) is 62.6. The first-order chi connectivity index (χ1) is 58.9. The van der Waals surface area contributed by atoms with Crippen molar-refractivity contribution in [3.63, 3.8) is 0 Å². The average molecular weight is 1880 g/mol. The molecule has 680 valence electrons. The first-order valence-corrected chi connectivity index (χ1v) is 48.2. The van der Waals surface area contributed by atoms with Gasteiger partial charge in [0.2, 0.25) is 0 Å². The minimum atomic E-state index is -1.17. The minimum absolute atomic E-state index is 0. The number of alkyl halides is 1. The number of rotatable bonds is 39. The molecule has 4 aromatic carbocycles. The Balaban J connectivity index is 0.000000784. The van der Waals surface area contributed by atoms with E-state index in [-0.39, 0.29) is 84.6 Å². The van der Waals surface area contributed by atoms with Crippen LogP contribution in [0.3, 0.4) is 0 Å². The van der Waals surface area contributed by atoms with E-state index >= 15 is 0 Å². The number of nitrogens with zero attached hydrogens (tertiary/aromatic N) is 3. The number of phenolic OH excluding ortho intramolecular Hbond substituents is 1. The van der Waals surface area contributed by atoms with E-state index in [1.807, 2.05) is 59.7 Å². The summed E-state index contributed by atoms with van der Waals surface area (Å²) >= 11 is 3.38. The maximum absolute atomic E-state index is 13.5. The molecule has 0 aromatic heterocycles. The normalized spacial score (nSPS) is 13.4. The number of piperazine rings is 3. The number of halogens is 1. The number of carboxylic acids is 1. The first kappa shape index (κ1) is 116. The topological polar surface area (TPSA) is 263 Å². The predicted molar refractivity (Wildman–Crippen MR) is 526 cm³/mol. The van der Waals surface area contributed by atoms with Crippen molar-refractivity contribution in [3.05, 3.63) is 198 Å². The largest absolute Gasteiger partial charge is 1.00 e. The molecule has 0 saturated carbocycles. The monoisotopic (exact) mass is 1880 g/mol. The molecule has 3 unspecified atom stereocenters. The molecule has 7 rings (SSSR count). The number of phenols is 2. The summed E-state index contributed by atoms with van der Waals surface area (Å²) in [5, 5.41) is 42.7. The molecule has 3 atom stereocenters. The van der Waals surface area contributed by atoms with Crippen LogP contribution in [0.5, 0.6) is 28.7 Å². The van der Waals surface area contributed by atoms with Gasteiger partial charge in [-0.2, -0.15) is 0 Å². The van der Waals surface area contributed by atoms with Crippen LogP contribution in [0.1, 0.15) is 275 Å². The summed E-state index contributed by atoms with van der Waals surface area (Å²) in [6, 6.07) is 8.83. The molecule has 3 aliphatic rings. The van der Waals surface area contributed by atoms with Crippen LogP contribution in [0.25, 0.3) is 0 Å². The van der Waals surface area contributed by atoms with Crippen molar-refractivity contribution in [2.24, 2.45) is 0 Å². The number of carbonyl (C=O) groups excluding carboxylic acids is 3. The number of allylic oxidation sites excluding steroid dienone is 16. The molecule has 0 spiro atoms. The molecule has 6 N–H and O–H groups in total. The Morgan fingerprint density at radius 3 is 1.06 bits per heavy atom. The van der Waals surface area contributed by atoms with Gasteiger partial charge in [0.05, 0.1) is 55.7 Å². The van der Waals surface area contributed by atoms with Crippen LogP contribution in [0.15, 0.2) is 130 Å². The number of hydrogen-bond acceptors (Lipinski definition) is 16. The zero-order valence-electron chi connectivity index (χ0n) is 77.7. The molecule has 0 bridgehead atoms. The van der Waals surface area contributed by atoms with Gasteiger partial charge in [-0.05, 0) is 239 Å². The fourth-order valence-electron chi connectivity index (χ4n) is 13.8. The molecule has 3 amide bonds. The van der Waals surface area contributed by atoms with E-state index in [4.69, 9.17) is 13.6 Å². The van der Waals surface area contributed by atoms with Crippen molar-refractivity contribution in [3.8, 4) is 28.7 Å². The van der Waals surface area contributed by atoms with Gasteiger partial charge in [0.15, 0.2) is 25.4 Å². The predicted octanol–water partition coefficient (Wildman–Crippen LogP) is 18.8. The zero-order chi connectivity index (χ0) is 91.9. The number of nitrogens with one attached hydrogen (secondary N) is 3. The summed E-state index contributed by atoms with van der Waals surface area (Å²) in [4.78, 5) is 56.8. The van der Waals surface area contributed by atoms with Crippen LogP contribution in [-0.4, -0.2) is 144 Å². The van der Waals surface area contributed by atoms with Gasteiger partial charge >= 0.3 is 24.8 Å². The molecule has 4 aromatic rings. The van der Waals surface area contributed by atoms with Crippen molar-refractivity contribution in [1.29, 1.82) is 0 Å². The van der Waals surface area contributed by atoms with Crippen LogP contribution < -0.4 is 64.3 Å². The molecular weight excluding hydrogens is 1730 g/mol.